The molecule has 0 spiro atoms. The predicted molar refractivity (Wildman–Crippen MR) is 89.6 cm³/mol. The minimum atomic E-state index is -0.374. The van der Waals surface area contributed by atoms with Crippen molar-refractivity contribution in [2.45, 2.75) is 9.92 Å². The van der Waals surface area contributed by atoms with Crippen LogP contribution in [-0.4, -0.2) is 35.8 Å². The average Bonchev–Trinajstić information content (AvgIpc) is 3.14. The molecule has 2 aromatic heterocycles. The van der Waals surface area contributed by atoms with E-state index < -0.39 is 0 Å². The first-order valence-corrected chi connectivity index (χ1v) is 8.31. The Balaban J connectivity index is 2.04. The van der Waals surface area contributed by atoms with Gasteiger partial charge < -0.3 is 9.57 Å². The Labute approximate surface area is 140 Å². The number of oxime groups is 1. The number of carbonyl (C=O) groups is 1. The van der Waals surface area contributed by atoms with E-state index in [1.807, 2.05) is 28.1 Å². The first kappa shape index (κ1) is 15.6. The standard InChI is InChI=1S/C15H13N3O3S2/c1-20-14(19)10-5-3-4-6-12(10)23-13-11(9-16-21-2)18-7-8-22-15(18)17-13/h3-9H,1-2H3/b16-9-. The Hall–Kier alpha value is -2.32. The highest BCUT2D eigenvalue weighted by molar-refractivity contribution is 7.99. The summed E-state index contributed by atoms with van der Waals surface area (Å²) in [4.78, 5) is 22.9. The molecular formula is C15H13N3O3S2. The fourth-order valence-corrected chi connectivity index (χ4v) is 3.80. The molecule has 0 atom stereocenters. The molecule has 0 bridgehead atoms. The zero-order valence-electron chi connectivity index (χ0n) is 12.4. The van der Waals surface area contributed by atoms with Gasteiger partial charge >= 0.3 is 5.97 Å². The van der Waals surface area contributed by atoms with Gasteiger partial charge in [-0.05, 0) is 12.1 Å². The number of rotatable bonds is 5. The molecule has 0 radical (unpaired) electrons. The van der Waals surface area contributed by atoms with Gasteiger partial charge in [-0.1, -0.05) is 29.1 Å². The molecule has 0 aliphatic carbocycles. The van der Waals surface area contributed by atoms with Crippen LogP contribution in [0.4, 0.5) is 0 Å². The van der Waals surface area contributed by atoms with Crippen LogP contribution in [0.2, 0.25) is 0 Å². The summed E-state index contributed by atoms with van der Waals surface area (Å²) in [5, 5.41) is 6.53. The summed E-state index contributed by atoms with van der Waals surface area (Å²) < 4.78 is 6.76. The molecule has 0 saturated heterocycles. The van der Waals surface area contributed by atoms with Crippen molar-refractivity contribution in [3.05, 3.63) is 47.1 Å². The number of hydrogen-bond acceptors (Lipinski definition) is 7. The summed E-state index contributed by atoms with van der Waals surface area (Å²) in [7, 11) is 2.86. The third-order valence-corrected chi connectivity index (χ3v) is 4.87. The van der Waals surface area contributed by atoms with Crippen molar-refractivity contribution >= 4 is 40.2 Å². The minimum Gasteiger partial charge on any atom is -0.465 e. The molecule has 0 N–H and O–H groups in total. The largest absolute Gasteiger partial charge is 0.465 e. The van der Waals surface area contributed by atoms with Crippen molar-refractivity contribution in [3.8, 4) is 0 Å². The highest BCUT2D eigenvalue weighted by Gasteiger charge is 2.17. The fraction of sp³-hybridized carbons (Fsp3) is 0.133. The van der Waals surface area contributed by atoms with Crippen molar-refractivity contribution in [1.29, 1.82) is 0 Å². The highest BCUT2D eigenvalue weighted by Crippen LogP contribution is 2.33. The van der Waals surface area contributed by atoms with E-state index in [-0.39, 0.29) is 5.97 Å². The van der Waals surface area contributed by atoms with Crippen LogP contribution in [0.3, 0.4) is 0 Å². The Morgan fingerprint density at radius 2 is 2.22 bits per heavy atom. The van der Waals surface area contributed by atoms with E-state index in [9.17, 15) is 4.79 Å². The van der Waals surface area contributed by atoms with Gasteiger partial charge in [-0.15, -0.1) is 11.3 Å². The molecule has 1 aromatic carbocycles. The third-order valence-electron chi connectivity index (χ3n) is 3.04. The molecule has 23 heavy (non-hydrogen) atoms. The van der Waals surface area contributed by atoms with Gasteiger partial charge in [0, 0.05) is 16.5 Å². The second-order valence-corrected chi connectivity index (χ2v) is 6.27. The average molecular weight is 347 g/mol. The number of aromatic nitrogens is 2. The van der Waals surface area contributed by atoms with E-state index in [0.29, 0.717) is 5.56 Å². The first-order valence-electron chi connectivity index (χ1n) is 6.62. The van der Waals surface area contributed by atoms with E-state index in [1.165, 1.54) is 37.3 Å². The predicted octanol–water partition coefficient (Wildman–Crippen LogP) is 3.31. The number of fused-ring (bicyclic) bond motifs is 1. The lowest BCUT2D eigenvalue weighted by Crippen LogP contribution is -2.02. The topological polar surface area (TPSA) is 65.2 Å². The summed E-state index contributed by atoms with van der Waals surface area (Å²) in [6, 6.07) is 7.27. The van der Waals surface area contributed by atoms with Gasteiger partial charge in [-0.2, -0.15) is 0 Å². The van der Waals surface area contributed by atoms with Crippen LogP contribution in [0.15, 0.2) is 50.9 Å². The lowest BCUT2D eigenvalue weighted by molar-refractivity contribution is 0.0597. The maximum absolute atomic E-state index is 11.9. The van der Waals surface area contributed by atoms with Crippen LogP contribution >= 0.6 is 23.1 Å². The third kappa shape index (κ3) is 3.08. The van der Waals surface area contributed by atoms with Crippen molar-refractivity contribution in [1.82, 2.24) is 9.38 Å². The molecule has 6 nitrogen and oxygen atoms in total. The normalized spacial score (nSPS) is 11.2. The molecule has 0 aliphatic rings. The van der Waals surface area contributed by atoms with Crippen LogP contribution in [0.25, 0.3) is 4.96 Å². The van der Waals surface area contributed by atoms with E-state index >= 15 is 0 Å². The Morgan fingerprint density at radius 3 is 3.00 bits per heavy atom. The van der Waals surface area contributed by atoms with E-state index in [4.69, 9.17) is 9.57 Å². The zero-order chi connectivity index (χ0) is 16.2. The lowest BCUT2D eigenvalue weighted by Gasteiger charge is -2.06. The summed E-state index contributed by atoms with van der Waals surface area (Å²) in [6.45, 7) is 0. The van der Waals surface area contributed by atoms with Gasteiger partial charge in [-0.3, -0.25) is 4.40 Å². The monoisotopic (exact) mass is 347 g/mol. The Kier molecular flexibility index (Phi) is 4.63. The SMILES string of the molecule is CO/N=C\c1c(Sc2ccccc2C(=O)OC)nc2sccn12. The number of imidazole rings is 1. The summed E-state index contributed by atoms with van der Waals surface area (Å²) in [6.07, 6.45) is 3.52. The maximum Gasteiger partial charge on any atom is 0.339 e. The summed E-state index contributed by atoms with van der Waals surface area (Å²) in [5.41, 5.74) is 1.30. The second kappa shape index (κ2) is 6.84. The van der Waals surface area contributed by atoms with Crippen molar-refractivity contribution in [2.75, 3.05) is 14.2 Å². The number of methoxy groups -OCH3 is 1. The number of ether oxygens (including phenoxy) is 1. The van der Waals surface area contributed by atoms with Gasteiger partial charge in [0.25, 0.3) is 0 Å². The number of thiazole rings is 1. The summed E-state index contributed by atoms with van der Waals surface area (Å²) >= 11 is 2.92. The van der Waals surface area contributed by atoms with Gasteiger partial charge in [0.2, 0.25) is 0 Å². The lowest BCUT2D eigenvalue weighted by atomic mass is 10.2. The Morgan fingerprint density at radius 1 is 1.39 bits per heavy atom. The first-order chi connectivity index (χ1) is 11.2. The number of carbonyl (C=O) groups excluding carboxylic acids is 1. The van der Waals surface area contributed by atoms with Crippen molar-refractivity contribution < 1.29 is 14.4 Å². The summed E-state index contributed by atoms with van der Waals surface area (Å²) in [5.74, 6) is -0.374. The molecule has 3 rings (SSSR count). The van der Waals surface area contributed by atoms with Crippen LogP contribution in [0, 0.1) is 0 Å². The van der Waals surface area contributed by atoms with Crippen molar-refractivity contribution in [2.24, 2.45) is 5.16 Å². The molecule has 2 heterocycles. The van der Waals surface area contributed by atoms with Crippen LogP contribution < -0.4 is 0 Å². The Bertz CT molecular complexity index is 870. The fourth-order valence-electron chi connectivity index (χ4n) is 2.02. The molecule has 118 valence electrons. The molecule has 0 fully saturated rings. The minimum absolute atomic E-state index is 0.374. The zero-order valence-corrected chi connectivity index (χ0v) is 14.1. The van der Waals surface area contributed by atoms with Gasteiger partial charge in [0.05, 0.1) is 18.9 Å². The quantitative estimate of drug-likeness (QED) is 0.402. The van der Waals surface area contributed by atoms with Gasteiger partial charge in [0.1, 0.15) is 17.8 Å². The second-order valence-electron chi connectivity index (χ2n) is 4.36. The van der Waals surface area contributed by atoms with Gasteiger partial charge in [0.15, 0.2) is 4.96 Å². The number of hydrogen-bond donors (Lipinski definition) is 0. The smallest absolute Gasteiger partial charge is 0.339 e. The van der Waals surface area contributed by atoms with E-state index in [1.54, 1.807) is 18.3 Å². The van der Waals surface area contributed by atoms with Crippen LogP contribution in [-0.2, 0) is 9.57 Å². The number of benzene rings is 1. The molecule has 3 aromatic rings. The molecule has 8 heteroatoms. The van der Waals surface area contributed by atoms with Gasteiger partial charge in [-0.25, -0.2) is 9.78 Å². The van der Waals surface area contributed by atoms with E-state index in [0.717, 1.165) is 20.6 Å². The van der Waals surface area contributed by atoms with E-state index in [2.05, 4.69) is 10.1 Å². The maximum atomic E-state index is 11.9. The molecule has 0 aliphatic heterocycles. The molecule has 0 unspecified atom stereocenters. The van der Waals surface area contributed by atoms with Crippen LogP contribution in [0.1, 0.15) is 16.1 Å². The number of esters is 1. The molecular weight excluding hydrogens is 334 g/mol. The highest BCUT2D eigenvalue weighted by atomic mass is 32.2. The van der Waals surface area contributed by atoms with Crippen LogP contribution in [0.5, 0.6) is 0 Å². The molecule has 0 saturated carbocycles. The number of nitrogens with zero attached hydrogens (tertiary/aromatic N) is 3. The molecule has 0 amide bonds. The van der Waals surface area contributed by atoms with Crippen molar-refractivity contribution in [3.63, 3.8) is 0 Å².